The Kier molecular flexibility index (Phi) is 4.01. The third-order valence-electron chi connectivity index (χ3n) is 4.26. The molecule has 4 rings (SSSR count). The van der Waals surface area contributed by atoms with Gasteiger partial charge >= 0.3 is 5.96 Å². The molecular formula is C20H20N5O+. The summed E-state index contributed by atoms with van der Waals surface area (Å²) in [5.74, 6) is 1.19. The van der Waals surface area contributed by atoms with E-state index in [2.05, 4.69) is 26.7 Å². The van der Waals surface area contributed by atoms with Crippen molar-refractivity contribution in [2.24, 2.45) is 0 Å². The van der Waals surface area contributed by atoms with E-state index in [0.717, 1.165) is 16.8 Å². The summed E-state index contributed by atoms with van der Waals surface area (Å²) in [7, 11) is 0. The molecule has 1 aromatic heterocycles. The fraction of sp³-hybridized carbons (Fsp3) is 0.150. The number of aryl methyl sites for hydroxylation is 2. The van der Waals surface area contributed by atoms with E-state index in [-0.39, 0.29) is 11.7 Å². The van der Waals surface area contributed by atoms with Crippen LogP contribution < -0.4 is 21.2 Å². The largest absolute Gasteiger partial charge is 0.357 e. The molecule has 6 heteroatoms. The van der Waals surface area contributed by atoms with Gasteiger partial charge in [-0.05, 0) is 31.5 Å². The molecule has 6 nitrogen and oxygen atoms in total. The number of guanidine groups is 1. The Morgan fingerprint density at radius 2 is 1.88 bits per heavy atom. The first kappa shape index (κ1) is 16.1. The van der Waals surface area contributed by atoms with E-state index in [1.807, 2.05) is 62.4 Å². The van der Waals surface area contributed by atoms with Crippen LogP contribution >= 0.6 is 0 Å². The first-order chi connectivity index (χ1) is 12.6. The molecule has 1 aliphatic heterocycles. The zero-order chi connectivity index (χ0) is 18.1. The van der Waals surface area contributed by atoms with E-state index in [1.54, 1.807) is 10.6 Å². The molecule has 1 atom stereocenters. The molecule has 0 fully saturated rings. The minimum atomic E-state index is -0.347. The number of benzene rings is 2. The minimum Gasteiger partial charge on any atom is -0.269 e. The Morgan fingerprint density at radius 1 is 1.08 bits per heavy atom. The van der Waals surface area contributed by atoms with Crippen molar-refractivity contribution in [1.82, 2.24) is 9.55 Å². The highest BCUT2D eigenvalue weighted by atomic mass is 16.1. The maximum absolute atomic E-state index is 12.6. The normalized spacial score (nSPS) is 15.6. The van der Waals surface area contributed by atoms with Crippen molar-refractivity contribution in [3.63, 3.8) is 0 Å². The Balaban J connectivity index is 1.79. The first-order valence-electron chi connectivity index (χ1n) is 8.49. The van der Waals surface area contributed by atoms with Crippen LogP contribution in [0.1, 0.15) is 23.0 Å². The van der Waals surface area contributed by atoms with Gasteiger partial charge in [0.1, 0.15) is 0 Å². The highest BCUT2D eigenvalue weighted by Crippen LogP contribution is 2.17. The van der Waals surface area contributed by atoms with Crippen LogP contribution in [0, 0.1) is 13.8 Å². The third-order valence-corrected chi connectivity index (χ3v) is 4.26. The van der Waals surface area contributed by atoms with Crippen LogP contribution in [0.3, 0.4) is 0 Å². The Bertz CT molecular complexity index is 1040. The SMILES string of the molecule is Cc1cccc(NC2=[NH+][C@H](c3ccccc3)n3c(nc(C)cc3=O)N2)c1. The fourth-order valence-corrected chi connectivity index (χ4v) is 3.09. The Morgan fingerprint density at radius 3 is 2.65 bits per heavy atom. The second-order valence-electron chi connectivity index (χ2n) is 6.38. The van der Waals surface area contributed by atoms with Crippen LogP contribution in [-0.2, 0) is 0 Å². The number of hydrogen-bond acceptors (Lipinski definition) is 4. The summed E-state index contributed by atoms with van der Waals surface area (Å²) in [6.45, 7) is 3.86. The van der Waals surface area contributed by atoms with E-state index in [4.69, 9.17) is 0 Å². The topological polar surface area (TPSA) is 72.9 Å². The molecule has 0 aliphatic carbocycles. The van der Waals surface area contributed by atoms with E-state index in [1.165, 1.54) is 0 Å². The predicted molar refractivity (Wildman–Crippen MR) is 102 cm³/mol. The maximum atomic E-state index is 12.6. The van der Waals surface area contributed by atoms with Gasteiger partial charge in [0, 0.05) is 17.3 Å². The molecule has 0 saturated heterocycles. The van der Waals surface area contributed by atoms with Gasteiger partial charge in [-0.25, -0.2) is 20.2 Å². The molecule has 3 aromatic rings. The molecule has 26 heavy (non-hydrogen) atoms. The second kappa shape index (κ2) is 6.48. The van der Waals surface area contributed by atoms with Gasteiger partial charge in [-0.3, -0.25) is 9.79 Å². The molecule has 0 bridgehead atoms. The number of aromatic nitrogens is 2. The summed E-state index contributed by atoms with van der Waals surface area (Å²) in [5, 5.41) is 6.53. The van der Waals surface area contributed by atoms with Gasteiger partial charge in [0.2, 0.25) is 0 Å². The van der Waals surface area contributed by atoms with Crippen LogP contribution in [0.25, 0.3) is 0 Å². The summed E-state index contributed by atoms with van der Waals surface area (Å²) in [5.41, 5.74) is 3.67. The summed E-state index contributed by atoms with van der Waals surface area (Å²) in [6.07, 6.45) is -0.347. The average Bonchev–Trinajstić information content (AvgIpc) is 2.61. The molecule has 0 radical (unpaired) electrons. The van der Waals surface area contributed by atoms with Gasteiger partial charge in [0.15, 0.2) is 6.17 Å². The number of nitrogens with zero attached hydrogens (tertiary/aromatic N) is 2. The van der Waals surface area contributed by atoms with Crippen molar-refractivity contribution >= 4 is 17.6 Å². The van der Waals surface area contributed by atoms with Crippen molar-refractivity contribution in [3.8, 4) is 0 Å². The minimum absolute atomic E-state index is 0.101. The molecule has 0 saturated carbocycles. The zero-order valence-corrected chi connectivity index (χ0v) is 14.7. The fourth-order valence-electron chi connectivity index (χ4n) is 3.09. The van der Waals surface area contributed by atoms with E-state index in [9.17, 15) is 4.79 Å². The molecule has 1 aliphatic rings. The molecule has 0 amide bonds. The summed E-state index contributed by atoms with van der Waals surface area (Å²) >= 11 is 0. The Hall–Kier alpha value is -3.41. The zero-order valence-electron chi connectivity index (χ0n) is 14.7. The molecule has 3 N–H and O–H groups in total. The second-order valence-corrected chi connectivity index (χ2v) is 6.38. The number of rotatable bonds is 2. The number of anilines is 2. The van der Waals surface area contributed by atoms with Gasteiger partial charge in [-0.2, -0.15) is 0 Å². The monoisotopic (exact) mass is 346 g/mol. The van der Waals surface area contributed by atoms with Gasteiger partial charge < -0.3 is 0 Å². The predicted octanol–water partition coefficient (Wildman–Crippen LogP) is 1.38. The lowest BCUT2D eigenvalue weighted by Crippen LogP contribution is -2.82. The smallest absolute Gasteiger partial charge is 0.269 e. The lowest BCUT2D eigenvalue weighted by atomic mass is 10.1. The van der Waals surface area contributed by atoms with E-state index in [0.29, 0.717) is 17.6 Å². The highest BCUT2D eigenvalue weighted by molar-refractivity contribution is 5.99. The number of nitrogens with one attached hydrogen (secondary N) is 3. The van der Waals surface area contributed by atoms with E-state index >= 15 is 0 Å². The lowest BCUT2D eigenvalue weighted by molar-refractivity contribution is -0.520. The van der Waals surface area contributed by atoms with Gasteiger partial charge in [0.05, 0.1) is 5.69 Å². The van der Waals surface area contributed by atoms with Crippen LogP contribution in [0.2, 0.25) is 0 Å². The van der Waals surface area contributed by atoms with Crippen molar-refractivity contribution in [1.29, 1.82) is 0 Å². The van der Waals surface area contributed by atoms with Gasteiger partial charge in [0.25, 0.3) is 11.5 Å². The number of hydrogen-bond donors (Lipinski definition) is 3. The van der Waals surface area contributed by atoms with E-state index < -0.39 is 0 Å². The van der Waals surface area contributed by atoms with Gasteiger partial charge in [-0.1, -0.05) is 42.5 Å². The number of fused-ring (bicyclic) bond motifs is 1. The maximum Gasteiger partial charge on any atom is 0.357 e. The van der Waals surface area contributed by atoms with Gasteiger partial charge in [-0.15, -0.1) is 0 Å². The first-order valence-corrected chi connectivity index (χ1v) is 8.49. The van der Waals surface area contributed by atoms with Crippen LogP contribution in [0.5, 0.6) is 0 Å². The quantitative estimate of drug-likeness (QED) is 0.656. The molecule has 0 unspecified atom stereocenters. The van der Waals surface area contributed by atoms with Crippen molar-refractivity contribution in [2.75, 3.05) is 10.6 Å². The molecule has 2 heterocycles. The highest BCUT2D eigenvalue weighted by Gasteiger charge is 2.28. The molecule has 130 valence electrons. The van der Waals surface area contributed by atoms with Crippen molar-refractivity contribution in [3.05, 3.63) is 87.8 Å². The summed E-state index contributed by atoms with van der Waals surface area (Å²) in [4.78, 5) is 20.5. The average molecular weight is 346 g/mol. The van der Waals surface area contributed by atoms with Crippen LogP contribution in [0.4, 0.5) is 11.6 Å². The molecular weight excluding hydrogens is 326 g/mol. The summed E-state index contributed by atoms with van der Waals surface area (Å²) < 4.78 is 1.63. The molecule has 0 spiro atoms. The standard InChI is InChI=1S/C20H19N5O/c1-13-7-6-10-16(11-13)22-19-23-18(15-8-4-3-5-9-15)25-17(26)12-14(2)21-20(25)24-19/h3-12,18H,1-2H3,(H2,21,22,23,24)/p+1/t18-/m0/s1. The van der Waals surface area contributed by atoms with Crippen LogP contribution in [-0.4, -0.2) is 15.5 Å². The molecule has 2 aromatic carbocycles. The third kappa shape index (κ3) is 3.09. The summed E-state index contributed by atoms with van der Waals surface area (Å²) in [6, 6.07) is 19.5. The van der Waals surface area contributed by atoms with Crippen LogP contribution in [0.15, 0.2) is 65.5 Å². The lowest BCUT2D eigenvalue weighted by Gasteiger charge is -2.23. The van der Waals surface area contributed by atoms with Crippen molar-refractivity contribution < 1.29 is 4.99 Å². The van der Waals surface area contributed by atoms with Crippen molar-refractivity contribution in [2.45, 2.75) is 20.0 Å². The Labute approximate surface area is 151 Å².